The molecular formula is C16H37O10P. The zero-order valence-corrected chi connectivity index (χ0v) is 16.9. The molecule has 0 unspecified atom stereocenters. The molecule has 0 amide bonds. The van der Waals surface area contributed by atoms with Crippen molar-refractivity contribution in [1.29, 1.82) is 0 Å². The fraction of sp³-hybridized carbons (Fsp3) is 1.00. The number of aliphatic hydroxyl groups is 6. The Morgan fingerprint density at radius 3 is 1.19 bits per heavy atom. The number of hydrogen-bond donors (Lipinski definition) is 8. The van der Waals surface area contributed by atoms with E-state index in [0.29, 0.717) is 0 Å². The van der Waals surface area contributed by atoms with Crippen LogP contribution in [0.4, 0.5) is 0 Å². The summed E-state index contributed by atoms with van der Waals surface area (Å²) in [5.41, 5.74) is 0. The summed E-state index contributed by atoms with van der Waals surface area (Å²) < 4.78 is 14.8. The molecule has 0 spiro atoms. The molecule has 0 aliphatic rings. The maximum Gasteiger partial charge on any atom is 0.469 e. The topological polar surface area (TPSA) is 188 Å². The van der Waals surface area contributed by atoms with Crippen LogP contribution in [0.5, 0.6) is 0 Å². The van der Waals surface area contributed by atoms with E-state index >= 15 is 0 Å². The van der Waals surface area contributed by atoms with Gasteiger partial charge in [0.2, 0.25) is 0 Å². The fourth-order valence-corrected chi connectivity index (χ4v) is 2.49. The molecule has 11 heteroatoms. The molecular weight excluding hydrogens is 383 g/mol. The molecule has 0 aliphatic heterocycles. The van der Waals surface area contributed by atoms with E-state index in [9.17, 15) is 4.57 Å². The second-order valence-electron chi connectivity index (χ2n) is 6.48. The molecule has 0 aromatic heterocycles. The molecule has 0 rings (SSSR count). The first-order valence-electron chi connectivity index (χ1n) is 9.35. The van der Waals surface area contributed by atoms with Crippen LogP contribution in [-0.2, 0) is 9.09 Å². The molecule has 0 heterocycles. The molecule has 0 fully saturated rings. The van der Waals surface area contributed by atoms with Crippen LogP contribution in [0, 0.1) is 0 Å². The molecule has 0 aromatic rings. The minimum Gasteiger partial charge on any atom is -0.337 e. The second kappa shape index (κ2) is 15.8. The third-order valence-electron chi connectivity index (χ3n) is 3.71. The lowest BCUT2D eigenvalue weighted by Gasteiger charge is -2.23. The van der Waals surface area contributed by atoms with Crippen LogP contribution in [0.3, 0.4) is 0 Å². The average Bonchev–Trinajstić information content (AvgIpc) is 2.49. The van der Waals surface area contributed by atoms with Crippen LogP contribution in [0.15, 0.2) is 0 Å². The maximum atomic E-state index is 10.4. The molecule has 0 bridgehead atoms. The first-order valence-corrected chi connectivity index (χ1v) is 10.9. The first kappa shape index (κ1) is 29.1. The van der Waals surface area contributed by atoms with Crippen LogP contribution < -0.4 is 0 Å². The smallest absolute Gasteiger partial charge is 0.337 e. The van der Waals surface area contributed by atoms with Crippen molar-refractivity contribution in [1.82, 2.24) is 0 Å². The van der Waals surface area contributed by atoms with Crippen LogP contribution >= 0.6 is 7.82 Å². The van der Waals surface area contributed by atoms with Gasteiger partial charge in [-0.15, -0.1) is 0 Å². The third kappa shape index (κ3) is 23.8. The summed E-state index contributed by atoms with van der Waals surface area (Å²) in [7, 11) is -4.25. The molecule has 0 saturated heterocycles. The van der Waals surface area contributed by atoms with Crippen molar-refractivity contribution < 1.29 is 49.5 Å². The number of hydrogen-bond acceptors (Lipinski definition) is 8. The highest BCUT2D eigenvalue weighted by Gasteiger charge is 2.44. The Morgan fingerprint density at radius 2 is 0.926 bits per heavy atom. The number of rotatable bonds is 15. The fourth-order valence-electron chi connectivity index (χ4n) is 2.13. The largest absolute Gasteiger partial charge is 0.469 e. The summed E-state index contributed by atoms with van der Waals surface area (Å²) in [4.78, 5) is 17.0. The Kier molecular flexibility index (Phi) is 17.0. The quantitative estimate of drug-likeness (QED) is 0.108. The van der Waals surface area contributed by atoms with Crippen molar-refractivity contribution in [2.45, 2.75) is 95.9 Å². The van der Waals surface area contributed by atoms with Gasteiger partial charge >= 0.3 is 19.8 Å². The third-order valence-corrected chi connectivity index (χ3v) is 4.23. The van der Waals surface area contributed by atoms with Gasteiger partial charge in [-0.25, -0.2) is 4.57 Å². The molecule has 10 nitrogen and oxygen atoms in total. The predicted molar refractivity (Wildman–Crippen MR) is 97.8 cm³/mol. The monoisotopic (exact) mass is 420 g/mol. The summed E-state index contributed by atoms with van der Waals surface area (Å²) in [6.07, 6.45) is 14.9. The Labute approximate surface area is 160 Å². The highest BCUT2D eigenvalue weighted by atomic mass is 31.2. The van der Waals surface area contributed by atoms with Gasteiger partial charge < -0.3 is 40.4 Å². The van der Waals surface area contributed by atoms with E-state index in [1.54, 1.807) is 0 Å². The minimum absolute atomic E-state index is 0.168. The Morgan fingerprint density at radius 1 is 0.630 bits per heavy atom. The number of phosphoric ester groups is 1. The van der Waals surface area contributed by atoms with Crippen LogP contribution in [0.25, 0.3) is 0 Å². The molecule has 0 radical (unpaired) electrons. The summed E-state index contributed by atoms with van der Waals surface area (Å²) in [5.74, 6) is -7.79. The van der Waals surface area contributed by atoms with Gasteiger partial charge in [-0.2, -0.15) is 0 Å². The highest BCUT2D eigenvalue weighted by molar-refractivity contribution is 7.46. The van der Waals surface area contributed by atoms with Gasteiger partial charge in [-0.3, -0.25) is 4.52 Å². The lowest BCUT2D eigenvalue weighted by Crippen LogP contribution is -2.54. The first-order chi connectivity index (χ1) is 12.3. The van der Waals surface area contributed by atoms with Crippen molar-refractivity contribution in [3.05, 3.63) is 0 Å². The van der Waals surface area contributed by atoms with Crippen LogP contribution in [0.2, 0.25) is 0 Å². The van der Waals surface area contributed by atoms with E-state index in [1.165, 1.54) is 57.8 Å². The standard InChI is InChI=1S/C14H31O4P.C2H6O6/c1-2-3-4-5-6-7-8-9-10-11-12-13-14-18-19(15,16)17;3-1(4,5)2(6,7)8/h2-14H2,1H3,(H2,15,16,17);3-8H. The molecule has 8 N–H and O–H groups in total. The summed E-state index contributed by atoms with van der Waals surface area (Å²) >= 11 is 0. The average molecular weight is 420 g/mol. The minimum atomic E-state index is -4.25. The SMILES string of the molecule is CCCCCCCCCCCCCCOP(=O)(O)O.OC(O)(O)C(O)(O)O. The summed E-state index contributed by atoms with van der Waals surface area (Å²) in [6, 6.07) is 0. The van der Waals surface area contributed by atoms with Gasteiger partial charge in [0.05, 0.1) is 6.61 Å². The van der Waals surface area contributed by atoms with E-state index in [4.69, 9.17) is 40.4 Å². The van der Waals surface area contributed by atoms with Crippen molar-refractivity contribution in [2.75, 3.05) is 6.61 Å². The number of phosphoric acid groups is 1. The molecule has 27 heavy (non-hydrogen) atoms. The van der Waals surface area contributed by atoms with E-state index in [1.807, 2.05) is 0 Å². The Balaban J connectivity index is 0. The van der Waals surface area contributed by atoms with Crippen LogP contribution in [-0.4, -0.2) is 59.0 Å². The lowest BCUT2D eigenvalue weighted by atomic mass is 10.1. The van der Waals surface area contributed by atoms with Gasteiger partial charge in [-0.1, -0.05) is 77.6 Å². The molecule has 0 aromatic carbocycles. The second-order valence-corrected chi connectivity index (χ2v) is 7.72. The highest BCUT2D eigenvalue weighted by Crippen LogP contribution is 2.35. The van der Waals surface area contributed by atoms with E-state index in [0.717, 1.165) is 19.3 Å². The van der Waals surface area contributed by atoms with Crippen molar-refractivity contribution in [3.63, 3.8) is 0 Å². The Hall–Kier alpha value is -0.130. The molecule has 0 aliphatic carbocycles. The van der Waals surface area contributed by atoms with Gasteiger partial charge in [-0.05, 0) is 6.42 Å². The van der Waals surface area contributed by atoms with Gasteiger partial charge in [0.15, 0.2) is 0 Å². The van der Waals surface area contributed by atoms with Gasteiger partial charge in [0, 0.05) is 0 Å². The molecule has 0 atom stereocenters. The Bertz CT molecular complexity index is 360. The van der Waals surface area contributed by atoms with Gasteiger partial charge in [0.1, 0.15) is 0 Å². The maximum absolute atomic E-state index is 10.4. The van der Waals surface area contributed by atoms with Crippen LogP contribution in [0.1, 0.15) is 84.0 Å². The van der Waals surface area contributed by atoms with Gasteiger partial charge in [0.25, 0.3) is 0 Å². The normalized spacial score (nSPS) is 12.6. The van der Waals surface area contributed by atoms with Crippen molar-refractivity contribution in [3.8, 4) is 0 Å². The number of unbranched alkanes of at least 4 members (excludes halogenated alkanes) is 11. The molecule has 0 saturated carbocycles. The zero-order valence-electron chi connectivity index (χ0n) is 16.0. The van der Waals surface area contributed by atoms with Crippen molar-refractivity contribution in [2.24, 2.45) is 0 Å². The van der Waals surface area contributed by atoms with Crippen molar-refractivity contribution >= 4 is 7.82 Å². The van der Waals surface area contributed by atoms with E-state index in [-0.39, 0.29) is 6.61 Å². The summed E-state index contributed by atoms with van der Waals surface area (Å²) in [6.45, 7) is 2.41. The predicted octanol–water partition coefficient (Wildman–Crippen LogP) is 1.04. The van der Waals surface area contributed by atoms with E-state index < -0.39 is 19.8 Å². The summed E-state index contributed by atoms with van der Waals surface area (Å²) in [5, 5.41) is 46.3. The lowest BCUT2D eigenvalue weighted by molar-refractivity contribution is -0.512. The molecule has 166 valence electrons. The van der Waals surface area contributed by atoms with E-state index in [2.05, 4.69) is 11.4 Å². The zero-order chi connectivity index (χ0) is 21.4.